The van der Waals surface area contributed by atoms with Crippen LogP contribution in [0, 0.1) is 0 Å². The summed E-state index contributed by atoms with van der Waals surface area (Å²) < 4.78 is 11.0. The third-order valence-electron chi connectivity index (χ3n) is 3.02. The summed E-state index contributed by atoms with van der Waals surface area (Å²) in [7, 11) is 0. The Kier molecular flexibility index (Phi) is 3.23. The molecular formula is C12H21N3O2. The maximum absolute atomic E-state index is 5.93. The first-order valence-corrected chi connectivity index (χ1v) is 6.15. The summed E-state index contributed by atoms with van der Waals surface area (Å²) in [6, 6.07) is 0. The van der Waals surface area contributed by atoms with E-state index in [1.165, 1.54) is 0 Å². The molecular weight excluding hydrogens is 218 g/mol. The summed E-state index contributed by atoms with van der Waals surface area (Å²) in [6.45, 7) is 6.67. The summed E-state index contributed by atoms with van der Waals surface area (Å²) in [5.74, 6) is 1.24. The number of nitrogens with zero attached hydrogens (tertiary/aromatic N) is 2. The van der Waals surface area contributed by atoms with Gasteiger partial charge in [0.2, 0.25) is 11.7 Å². The van der Waals surface area contributed by atoms with Crippen LogP contribution in [-0.2, 0) is 16.8 Å². The zero-order valence-corrected chi connectivity index (χ0v) is 10.8. The van der Waals surface area contributed by atoms with Crippen LogP contribution in [0.25, 0.3) is 0 Å². The summed E-state index contributed by atoms with van der Waals surface area (Å²) in [5.41, 5.74) is 5.20. The highest BCUT2D eigenvalue weighted by molar-refractivity contribution is 5.02. The second kappa shape index (κ2) is 4.38. The van der Waals surface area contributed by atoms with Gasteiger partial charge < -0.3 is 15.0 Å². The van der Waals surface area contributed by atoms with Gasteiger partial charge in [0.1, 0.15) is 5.60 Å². The molecule has 1 aliphatic rings. The molecule has 1 aromatic rings. The molecule has 2 rings (SSSR count). The third kappa shape index (κ3) is 3.04. The molecule has 0 amide bonds. The van der Waals surface area contributed by atoms with Gasteiger partial charge in [0, 0.05) is 18.6 Å². The highest BCUT2D eigenvalue weighted by Gasteiger charge is 2.35. The first-order valence-electron chi connectivity index (χ1n) is 6.15. The van der Waals surface area contributed by atoms with Crippen LogP contribution in [0.15, 0.2) is 4.52 Å². The van der Waals surface area contributed by atoms with Gasteiger partial charge in [-0.05, 0) is 40.0 Å². The molecule has 1 unspecified atom stereocenters. The largest absolute Gasteiger partial charge is 0.367 e. The van der Waals surface area contributed by atoms with Crippen molar-refractivity contribution in [2.45, 2.75) is 57.6 Å². The molecule has 0 aliphatic carbocycles. The van der Waals surface area contributed by atoms with E-state index in [0.717, 1.165) is 25.9 Å². The maximum Gasteiger partial charge on any atom is 0.228 e. The van der Waals surface area contributed by atoms with E-state index in [9.17, 15) is 0 Å². The fraction of sp³-hybridized carbons (Fsp3) is 0.833. The molecule has 96 valence electrons. The fourth-order valence-corrected chi connectivity index (χ4v) is 2.04. The monoisotopic (exact) mass is 239 g/mol. The smallest absolute Gasteiger partial charge is 0.228 e. The third-order valence-corrected chi connectivity index (χ3v) is 3.02. The number of hydrogen-bond acceptors (Lipinski definition) is 5. The van der Waals surface area contributed by atoms with Crippen LogP contribution in [0.2, 0.25) is 0 Å². The second-order valence-electron chi connectivity index (χ2n) is 5.71. The van der Waals surface area contributed by atoms with E-state index in [1.54, 1.807) is 0 Å². The van der Waals surface area contributed by atoms with E-state index in [-0.39, 0.29) is 5.54 Å². The van der Waals surface area contributed by atoms with Gasteiger partial charge in [0.05, 0.1) is 0 Å². The normalized spacial score (nSPS) is 26.1. The minimum atomic E-state index is -0.390. The minimum absolute atomic E-state index is 0.335. The SMILES string of the molecule is CC(C)(N)Cc1nc(C2(C)CCCCO2)no1. The lowest BCUT2D eigenvalue weighted by Crippen LogP contribution is -2.35. The number of nitrogens with two attached hydrogens (primary N) is 1. The van der Waals surface area contributed by atoms with E-state index in [4.69, 9.17) is 15.0 Å². The van der Waals surface area contributed by atoms with E-state index >= 15 is 0 Å². The first-order chi connectivity index (χ1) is 7.89. The van der Waals surface area contributed by atoms with Crippen LogP contribution in [0.4, 0.5) is 0 Å². The molecule has 0 radical (unpaired) electrons. The summed E-state index contributed by atoms with van der Waals surface area (Å²) >= 11 is 0. The van der Waals surface area contributed by atoms with E-state index in [2.05, 4.69) is 10.1 Å². The molecule has 1 atom stereocenters. The van der Waals surface area contributed by atoms with Gasteiger partial charge in [0.25, 0.3) is 0 Å². The number of aromatic nitrogens is 2. The van der Waals surface area contributed by atoms with Gasteiger partial charge in [-0.3, -0.25) is 0 Å². The molecule has 5 nitrogen and oxygen atoms in total. The summed E-state index contributed by atoms with van der Waals surface area (Å²) in [5, 5.41) is 4.03. The van der Waals surface area contributed by atoms with Crippen LogP contribution in [0.5, 0.6) is 0 Å². The maximum atomic E-state index is 5.93. The highest BCUT2D eigenvalue weighted by atomic mass is 16.5. The molecule has 0 saturated carbocycles. The van der Waals surface area contributed by atoms with Gasteiger partial charge in [-0.1, -0.05) is 5.16 Å². The molecule has 1 aliphatic heterocycles. The Morgan fingerprint density at radius 2 is 2.18 bits per heavy atom. The van der Waals surface area contributed by atoms with Crippen molar-refractivity contribution in [1.29, 1.82) is 0 Å². The molecule has 0 spiro atoms. The molecule has 1 saturated heterocycles. The molecule has 5 heteroatoms. The van der Waals surface area contributed by atoms with Gasteiger partial charge in [-0.2, -0.15) is 4.98 Å². The molecule has 1 fully saturated rings. The van der Waals surface area contributed by atoms with E-state index in [0.29, 0.717) is 18.1 Å². The lowest BCUT2D eigenvalue weighted by atomic mass is 9.95. The van der Waals surface area contributed by atoms with Crippen molar-refractivity contribution in [3.05, 3.63) is 11.7 Å². The second-order valence-corrected chi connectivity index (χ2v) is 5.71. The molecule has 0 aromatic carbocycles. The van der Waals surface area contributed by atoms with Crippen LogP contribution in [0.1, 0.15) is 51.7 Å². The average molecular weight is 239 g/mol. The zero-order chi connectivity index (χ0) is 12.5. The highest BCUT2D eigenvalue weighted by Crippen LogP contribution is 2.32. The molecule has 1 aromatic heterocycles. The molecule has 17 heavy (non-hydrogen) atoms. The first kappa shape index (κ1) is 12.5. The predicted molar refractivity (Wildman–Crippen MR) is 63.4 cm³/mol. The van der Waals surface area contributed by atoms with Gasteiger partial charge >= 0.3 is 0 Å². The van der Waals surface area contributed by atoms with Crippen LogP contribution >= 0.6 is 0 Å². The van der Waals surface area contributed by atoms with Crippen molar-refractivity contribution < 1.29 is 9.26 Å². The lowest BCUT2D eigenvalue weighted by molar-refractivity contribution is -0.0770. The van der Waals surface area contributed by atoms with Crippen molar-refractivity contribution in [2.75, 3.05) is 6.61 Å². The predicted octanol–water partition coefficient (Wildman–Crippen LogP) is 1.77. The quantitative estimate of drug-likeness (QED) is 0.870. The fourth-order valence-electron chi connectivity index (χ4n) is 2.04. The van der Waals surface area contributed by atoms with Crippen molar-refractivity contribution in [3.8, 4) is 0 Å². The standard InChI is InChI=1S/C12H21N3O2/c1-11(2,13)8-9-14-10(15-17-9)12(3)6-4-5-7-16-12/h4-8,13H2,1-3H3. The van der Waals surface area contributed by atoms with Gasteiger partial charge in [0.15, 0.2) is 0 Å². The molecule has 2 heterocycles. The Morgan fingerprint density at radius 3 is 2.76 bits per heavy atom. The Bertz CT molecular complexity index is 375. The van der Waals surface area contributed by atoms with Crippen LogP contribution in [0.3, 0.4) is 0 Å². The Balaban J connectivity index is 2.12. The summed E-state index contributed by atoms with van der Waals surface area (Å²) in [4.78, 5) is 4.41. The average Bonchev–Trinajstić information content (AvgIpc) is 2.65. The zero-order valence-electron chi connectivity index (χ0n) is 10.8. The van der Waals surface area contributed by atoms with Crippen molar-refractivity contribution in [2.24, 2.45) is 5.73 Å². The minimum Gasteiger partial charge on any atom is -0.367 e. The van der Waals surface area contributed by atoms with Crippen molar-refractivity contribution in [1.82, 2.24) is 10.1 Å². The topological polar surface area (TPSA) is 74.2 Å². The number of hydrogen-bond donors (Lipinski definition) is 1. The van der Waals surface area contributed by atoms with Gasteiger partial charge in [-0.15, -0.1) is 0 Å². The Morgan fingerprint density at radius 1 is 1.41 bits per heavy atom. The Labute approximate surface area is 102 Å². The summed E-state index contributed by atoms with van der Waals surface area (Å²) in [6.07, 6.45) is 3.77. The van der Waals surface area contributed by atoms with Crippen LogP contribution < -0.4 is 5.73 Å². The van der Waals surface area contributed by atoms with Crippen molar-refractivity contribution in [3.63, 3.8) is 0 Å². The van der Waals surface area contributed by atoms with Crippen molar-refractivity contribution >= 4 is 0 Å². The molecule has 0 bridgehead atoms. The number of ether oxygens (including phenoxy) is 1. The van der Waals surface area contributed by atoms with Crippen LogP contribution in [-0.4, -0.2) is 22.3 Å². The van der Waals surface area contributed by atoms with E-state index < -0.39 is 5.60 Å². The van der Waals surface area contributed by atoms with E-state index in [1.807, 2.05) is 20.8 Å². The Hall–Kier alpha value is -0.940. The molecule has 2 N–H and O–H groups in total. The van der Waals surface area contributed by atoms with Gasteiger partial charge in [-0.25, -0.2) is 0 Å². The lowest BCUT2D eigenvalue weighted by Gasteiger charge is -2.30. The number of rotatable bonds is 3.